The van der Waals surface area contributed by atoms with Crippen LogP contribution in [-0.4, -0.2) is 38.4 Å². The van der Waals surface area contributed by atoms with E-state index in [0.29, 0.717) is 13.2 Å². The molecule has 0 aliphatic rings. The van der Waals surface area contributed by atoms with Crippen LogP contribution >= 0.6 is 0 Å². The van der Waals surface area contributed by atoms with Crippen molar-refractivity contribution in [3.05, 3.63) is 35.9 Å². The summed E-state index contributed by atoms with van der Waals surface area (Å²) in [7, 11) is 0. The smallest absolute Gasteiger partial charge is 0.320 e. The van der Waals surface area contributed by atoms with Gasteiger partial charge in [-0.1, -0.05) is 30.3 Å². The molecule has 0 heterocycles. The van der Waals surface area contributed by atoms with Crippen LogP contribution in [0.4, 0.5) is 0 Å². The largest absolute Gasteiger partial charge is 0.465 e. The second kappa shape index (κ2) is 11.7. The van der Waals surface area contributed by atoms with Crippen molar-refractivity contribution < 1.29 is 23.8 Å². The molecule has 0 atom stereocenters. The molecule has 0 N–H and O–H groups in total. The number of aryl methyl sites for hydroxylation is 1. The zero-order valence-corrected chi connectivity index (χ0v) is 14.0. The molecule has 128 valence electrons. The van der Waals surface area contributed by atoms with Gasteiger partial charge in [0.15, 0.2) is 5.92 Å². The molecule has 0 saturated heterocycles. The van der Waals surface area contributed by atoms with Gasteiger partial charge in [-0.05, 0) is 38.7 Å². The van der Waals surface area contributed by atoms with Crippen LogP contribution in [0.1, 0.15) is 32.3 Å². The number of carbonyl (C=O) groups excluding carboxylic acids is 2. The average molecular weight is 322 g/mol. The lowest BCUT2D eigenvalue weighted by atomic mass is 10.1. The highest BCUT2D eigenvalue weighted by atomic mass is 16.6. The van der Waals surface area contributed by atoms with Crippen LogP contribution in [0.3, 0.4) is 0 Å². The third-order valence-corrected chi connectivity index (χ3v) is 3.29. The Labute approximate surface area is 137 Å². The minimum atomic E-state index is -0.899. The summed E-state index contributed by atoms with van der Waals surface area (Å²) in [4.78, 5) is 23.6. The SMILES string of the molecule is CCOC(=O)C(CCOCCCc1ccccc1)C(=O)OCC. The van der Waals surface area contributed by atoms with Gasteiger partial charge in [-0.25, -0.2) is 0 Å². The molecule has 5 nitrogen and oxygen atoms in total. The van der Waals surface area contributed by atoms with E-state index in [1.165, 1.54) is 5.56 Å². The number of hydrogen-bond acceptors (Lipinski definition) is 5. The average Bonchev–Trinajstić information content (AvgIpc) is 2.55. The van der Waals surface area contributed by atoms with Gasteiger partial charge in [-0.2, -0.15) is 0 Å². The molecule has 0 aliphatic carbocycles. The molecule has 0 fully saturated rings. The lowest BCUT2D eigenvalue weighted by Gasteiger charge is -2.14. The summed E-state index contributed by atoms with van der Waals surface area (Å²) in [6.45, 7) is 4.82. The maximum atomic E-state index is 11.8. The van der Waals surface area contributed by atoms with Crippen molar-refractivity contribution in [1.82, 2.24) is 0 Å². The van der Waals surface area contributed by atoms with Crippen molar-refractivity contribution in [1.29, 1.82) is 0 Å². The molecular weight excluding hydrogens is 296 g/mol. The Morgan fingerprint density at radius 2 is 1.57 bits per heavy atom. The molecule has 0 aromatic heterocycles. The van der Waals surface area contributed by atoms with E-state index in [1.54, 1.807) is 13.8 Å². The van der Waals surface area contributed by atoms with Gasteiger partial charge in [0.2, 0.25) is 0 Å². The molecular formula is C18H26O5. The minimum absolute atomic E-state index is 0.243. The van der Waals surface area contributed by atoms with E-state index in [2.05, 4.69) is 12.1 Å². The summed E-state index contributed by atoms with van der Waals surface area (Å²) < 4.78 is 15.4. The number of esters is 2. The topological polar surface area (TPSA) is 61.8 Å². The fourth-order valence-electron chi connectivity index (χ4n) is 2.14. The molecule has 0 radical (unpaired) electrons. The summed E-state index contributed by atoms with van der Waals surface area (Å²) in [6.07, 6.45) is 2.12. The third-order valence-electron chi connectivity index (χ3n) is 3.29. The van der Waals surface area contributed by atoms with Crippen molar-refractivity contribution in [2.24, 2.45) is 5.92 Å². The van der Waals surface area contributed by atoms with Gasteiger partial charge in [0.05, 0.1) is 13.2 Å². The van der Waals surface area contributed by atoms with Gasteiger partial charge >= 0.3 is 11.9 Å². The predicted molar refractivity (Wildman–Crippen MR) is 87.0 cm³/mol. The normalized spacial score (nSPS) is 10.6. The predicted octanol–water partition coefficient (Wildman–Crippen LogP) is 2.77. The Bertz CT molecular complexity index is 440. The second-order valence-electron chi connectivity index (χ2n) is 5.05. The van der Waals surface area contributed by atoms with Gasteiger partial charge in [-0.3, -0.25) is 9.59 Å². The molecule has 1 aromatic carbocycles. The first kappa shape index (κ1) is 19.2. The molecule has 5 heteroatoms. The van der Waals surface area contributed by atoms with Crippen molar-refractivity contribution in [3.63, 3.8) is 0 Å². The van der Waals surface area contributed by atoms with Gasteiger partial charge in [-0.15, -0.1) is 0 Å². The number of benzene rings is 1. The molecule has 0 spiro atoms. The van der Waals surface area contributed by atoms with E-state index in [4.69, 9.17) is 14.2 Å². The molecule has 23 heavy (non-hydrogen) atoms. The van der Waals surface area contributed by atoms with E-state index in [-0.39, 0.29) is 19.6 Å². The maximum absolute atomic E-state index is 11.8. The fraction of sp³-hybridized carbons (Fsp3) is 0.556. The fourth-order valence-corrected chi connectivity index (χ4v) is 2.14. The highest BCUT2D eigenvalue weighted by Crippen LogP contribution is 2.10. The van der Waals surface area contributed by atoms with Crippen LogP contribution in [0, 0.1) is 5.92 Å². The number of carbonyl (C=O) groups is 2. The first-order valence-corrected chi connectivity index (χ1v) is 8.14. The van der Waals surface area contributed by atoms with Crippen LogP contribution in [0.2, 0.25) is 0 Å². The monoisotopic (exact) mass is 322 g/mol. The summed E-state index contributed by atoms with van der Waals surface area (Å²) >= 11 is 0. The Morgan fingerprint density at radius 3 is 2.13 bits per heavy atom. The maximum Gasteiger partial charge on any atom is 0.320 e. The van der Waals surface area contributed by atoms with E-state index >= 15 is 0 Å². The second-order valence-corrected chi connectivity index (χ2v) is 5.05. The quantitative estimate of drug-likeness (QED) is 0.356. The van der Waals surface area contributed by atoms with Gasteiger partial charge in [0, 0.05) is 13.2 Å². The van der Waals surface area contributed by atoms with Crippen molar-refractivity contribution in [2.45, 2.75) is 33.1 Å². The number of ether oxygens (including phenoxy) is 3. The zero-order chi connectivity index (χ0) is 16.9. The van der Waals surface area contributed by atoms with E-state index in [0.717, 1.165) is 12.8 Å². The summed E-state index contributed by atoms with van der Waals surface area (Å²) in [5.74, 6) is -1.98. The standard InChI is InChI=1S/C18H26O5/c1-3-22-17(19)16(18(20)23-4-2)12-14-21-13-8-11-15-9-6-5-7-10-15/h5-7,9-10,16H,3-4,8,11-14H2,1-2H3. The molecule has 0 amide bonds. The first-order chi connectivity index (χ1) is 11.2. The van der Waals surface area contributed by atoms with Crippen molar-refractivity contribution in [2.75, 3.05) is 26.4 Å². The minimum Gasteiger partial charge on any atom is -0.465 e. The summed E-state index contributed by atoms with van der Waals surface area (Å²) in [5.41, 5.74) is 1.27. The van der Waals surface area contributed by atoms with E-state index < -0.39 is 17.9 Å². The Morgan fingerprint density at radius 1 is 0.957 bits per heavy atom. The van der Waals surface area contributed by atoms with Crippen LogP contribution < -0.4 is 0 Å². The summed E-state index contributed by atoms with van der Waals surface area (Å²) in [6, 6.07) is 10.2. The summed E-state index contributed by atoms with van der Waals surface area (Å²) in [5, 5.41) is 0. The van der Waals surface area contributed by atoms with Gasteiger partial charge in [0.1, 0.15) is 0 Å². The molecule has 0 aliphatic heterocycles. The molecule has 1 rings (SSSR count). The molecule has 0 saturated carbocycles. The first-order valence-electron chi connectivity index (χ1n) is 8.14. The Hall–Kier alpha value is -1.88. The van der Waals surface area contributed by atoms with Crippen LogP contribution in [0.15, 0.2) is 30.3 Å². The zero-order valence-electron chi connectivity index (χ0n) is 14.0. The van der Waals surface area contributed by atoms with E-state index in [9.17, 15) is 9.59 Å². The number of hydrogen-bond donors (Lipinski definition) is 0. The number of rotatable bonds is 11. The molecule has 0 unspecified atom stereocenters. The van der Waals surface area contributed by atoms with Crippen LogP contribution in [-0.2, 0) is 30.2 Å². The highest BCUT2D eigenvalue weighted by Gasteiger charge is 2.29. The van der Waals surface area contributed by atoms with Crippen molar-refractivity contribution in [3.8, 4) is 0 Å². The lowest BCUT2D eigenvalue weighted by molar-refractivity contribution is -0.162. The molecule has 1 aromatic rings. The highest BCUT2D eigenvalue weighted by molar-refractivity contribution is 5.94. The third kappa shape index (κ3) is 7.79. The lowest BCUT2D eigenvalue weighted by Crippen LogP contribution is -2.29. The molecule has 0 bridgehead atoms. The van der Waals surface area contributed by atoms with Crippen molar-refractivity contribution >= 4 is 11.9 Å². The van der Waals surface area contributed by atoms with Gasteiger partial charge < -0.3 is 14.2 Å². The van der Waals surface area contributed by atoms with Gasteiger partial charge in [0.25, 0.3) is 0 Å². The van der Waals surface area contributed by atoms with Crippen LogP contribution in [0.25, 0.3) is 0 Å². The Kier molecular flexibility index (Phi) is 9.71. The van der Waals surface area contributed by atoms with Crippen LogP contribution in [0.5, 0.6) is 0 Å². The van der Waals surface area contributed by atoms with E-state index in [1.807, 2.05) is 18.2 Å². The Balaban J connectivity index is 2.26.